The van der Waals surface area contributed by atoms with Crippen molar-refractivity contribution in [3.63, 3.8) is 0 Å². The van der Waals surface area contributed by atoms with Crippen LogP contribution in [0.25, 0.3) is 6.08 Å². The summed E-state index contributed by atoms with van der Waals surface area (Å²) in [5.74, 6) is 0.347. The van der Waals surface area contributed by atoms with Crippen molar-refractivity contribution in [2.45, 2.75) is 25.8 Å². The van der Waals surface area contributed by atoms with Crippen LogP contribution >= 0.6 is 0 Å². The molecule has 0 aliphatic carbocycles. The summed E-state index contributed by atoms with van der Waals surface area (Å²) in [4.78, 5) is 5.14. The topological polar surface area (TPSA) is 26.7 Å². The van der Waals surface area contributed by atoms with Crippen LogP contribution in [0.5, 0.6) is 5.75 Å². The molecule has 2 aromatic carbocycles. The van der Waals surface area contributed by atoms with Crippen molar-refractivity contribution in [3.8, 4) is 5.75 Å². The van der Waals surface area contributed by atoms with E-state index in [1.54, 1.807) is 12.1 Å². The number of phenols is 1. The number of aromatic hydroxyl groups is 1. The quantitative estimate of drug-likeness (QED) is 0.816. The molecule has 0 bridgehead atoms. The summed E-state index contributed by atoms with van der Waals surface area (Å²) in [6, 6.07) is 18.7. The molecule has 0 aromatic heterocycles. The lowest BCUT2D eigenvalue weighted by Crippen LogP contribution is -2.49. The Kier molecular flexibility index (Phi) is 6.87. The highest BCUT2D eigenvalue weighted by atomic mass is 16.3. The van der Waals surface area contributed by atoms with Crippen LogP contribution < -0.4 is 0 Å². The molecule has 0 unspecified atom stereocenters. The monoisotopic (exact) mass is 350 g/mol. The molecule has 1 fully saturated rings. The lowest BCUT2D eigenvalue weighted by Gasteiger charge is -2.37. The smallest absolute Gasteiger partial charge is 0.115 e. The van der Waals surface area contributed by atoms with E-state index >= 15 is 0 Å². The Morgan fingerprint density at radius 1 is 0.962 bits per heavy atom. The average Bonchev–Trinajstić information content (AvgIpc) is 2.69. The maximum Gasteiger partial charge on any atom is 0.115 e. The zero-order valence-corrected chi connectivity index (χ0v) is 15.7. The van der Waals surface area contributed by atoms with Crippen molar-refractivity contribution < 1.29 is 5.11 Å². The number of piperazine rings is 1. The van der Waals surface area contributed by atoms with E-state index in [0.29, 0.717) is 11.8 Å². The van der Waals surface area contributed by atoms with E-state index < -0.39 is 0 Å². The standard InChI is InChI=1S/C23H30N2O/c1-20(9-10-22-11-13-23(26)14-12-22)25-18-16-24(17-19-25)15-5-8-21-6-3-2-4-7-21/h2-8,11-14,20,26H,9-10,15-19H2,1H3/b8-5+/t20-/m1/s1. The summed E-state index contributed by atoms with van der Waals surface area (Å²) in [5.41, 5.74) is 2.58. The van der Waals surface area contributed by atoms with E-state index in [2.05, 4.69) is 59.2 Å². The van der Waals surface area contributed by atoms with Gasteiger partial charge < -0.3 is 5.11 Å². The maximum atomic E-state index is 9.37. The molecule has 2 aromatic rings. The summed E-state index contributed by atoms with van der Waals surface area (Å²) in [6.07, 6.45) is 6.73. The van der Waals surface area contributed by atoms with E-state index in [0.717, 1.165) is 39.1 Å². The van der Waals surface area contributed by atoms with Gasteiger partial charge in [-0.25, -0.2) is 0 Å². The first-order chi connectivity index (χ1) is 12.7. The summed E-state index contributed by atoms with van der Waals surface area (Å²) < 4.78 is 0. The molecule has 138 valence electrons. The fraction of sp³-hybridized carbons (Fsp3) is 0.391. The summed E-state index contributed by atoms with van der Waals surface area (Å²) in [6.45, 7) is 7.95. The van der Waals surface area contributed by atoms with Crippen LogP contribution in [-0.2, 0) is 6.42 Å². The SMILES string of the molecule is C[C@H](CCc1ccc(O)cc1)N1CCN(C/C=C/c2ccccc2)CC1. The number of rotatable bonds is 7. The second kappa shape index (κ2) is 9.56. The predicted octanol–water partition coefficient (Wildman–Crippen LogP) is 4.04. The van der Waals surface area contributed by atoms with Crippen LogP contribution in [0.1, 0.15) is 24.5 Å². The van der Waals surface area contributed by atoms with E-state index in [9.17, 15) is 5.11 Å². The average molecular weight is 351 g/mol. The second-order valence-electron chi connectivity index (χ2n) is 7.20. The minimum atomic E-state index is 0.347. The number of hydrogen-bond acceptors (Lipinski definition) is 3. The Balaban J connectivity index is 1.37. The third-order valence-corrected chi connectivity index (χ3v) is 5.29. The first-order valence-electron chi connectivity index (χ1n) is 9.66. The Labute approximate surface area is 157 Å². The highest BCUT2D eigenvalue weighted by Crippen LogP contribution is 2.15. The van der Waals surface area contributed by atoms with Gasteiger partial charge in [-0.1, -0.05) is 54.6 Å². The van der Waals surface area contributed by atoms with Crippen LogP contribution in [0.4, 0.5) is 0 Å². The summed E-state index contributed by atoms with van der Waals surface area (Å²) in [7, 11) is 0. The third kappa shape index (κ3) is 5.72. The summed E-state index contributed by atoms with van der Waals surface area (Å²) in [5, 5.41) is 9.37. The molecule has 0 spiro atoms. The number of nitrogens with zero attached hydrogens (tertiary/aromatic N) is 2. The van der Waals surface area contributed by atoms with Gasteiger partial charge in [0.15, 0.2) is 0 Å². The number of phenolic OH excluding ortho intramolecular Hbond substituents is 1. The van der Waals surface area contributed by atoms with Crippen LogP contribution in [0, 0.1) is 0 Å². The molecule has 26 heavy (non-hydrogen) atoms. The molecule has 3 heteroatoms. The van der Waals surface area contributed by atoms with Gasteiger partial charge in [-0.15, -0.1) is 0 Å². The van der Waals surface area contributed by atoms with Crippen molar-refractivity contribution in [3.05, 3.63) is 71.8 Å². The second-order valence-corrected chi connectivity index (χ2v) is 7.20. The van der Waals surface area contributed by atoms with E-state index in [4.69, 9.17) is 0 Å². The minimum Gasteiger partial charge on any atom is -0.508 e. The van der Waals surface area contributed by atoms with Crippen molar-refractivity contribution in [2.75, 3.05) is 32.7 Å². The van der Waals surface area contributed by atoms with Gasteiger partial charge in [-0.05, 0) is 43.0 Å². The number of aryl methyl sites for hydroxylation is 1. The van der Waals surface area contributed by atoms with E-state index in [-0.39, 0.29) is 0 Å². The predicted molar refractivity (Wildman–Crippen MR) is 109 cm³/mol. The molecule has 0 amide bonds. The van der Waals surface area contributed by atoms with Gasteiger partial charge in [-0.3, -0.25) is 9.80 Å². The zero-order chi connectivity index (χ0) is 18.2. The lowest BCUT2D eigenvalue weighted by atomic mass is 10.0. The van der Waals surface area contributed by atoms with Gasteiger partial charge in [0.05, 0.1) is 0 Å². The van der Waals surface area contributed by atoms with Crippen molar-refractivity contribution in [2.24, 2.45) is 0 Å². The van der Waals surface area contributed by atoms with Gasteiger partial charge >= 0.3 is 0 Å². The highest BCUT2D eigenvalue weighted by Gasteiger charge is 2.20. The molecule has 0 saturated carbocycles. The largest absolute Gasteiger partial charge is 0.508 e. The first kappa shape index (κ1) is 18.7. The summed E-state index contributed by atoms with van der Waals surface area (Å²) >= 11 is 0. The molecular formula is C23H30N2O. The lowest BCUT2D eigenvalue weighted by molar-refractivity contribution is 0.106. The molecular weight excluding hydrogens is 320 g/mol. The van der Waals surface area contributed by atoms with Gasteiger partial charge in [0, 0.05) is 38.8 Å². The molecule has 1 heterocycles. The van der Waals surface area contributed by atoms with E-state index in [1.165, 1.54) is 17.5 Å². The fourth-order valence-corrected chi connectivity index (χ4v) is 3.51. The number of benzene rings is 2. The van der Waals surface area contributed by atoms with Crippen LogP contribution in [0.2, 0.25) is 0 Å². The van der Waals surface area contributed by atoms with Crippen LogP contribution in [-0.4, -0.2) is 53.7 Å². The fourth-order valence-electron chi connectivity index (χ4n) is 3.51. The molecule has 1 saturated heterocycles. The number of hydrogen-bond donors (Lipinski definition) is 1. The molecule has 1 N–H and O–H groups in total. The molecule has 1 atom stereocenters. The van der Waals surface area contributed by atoms with Crippen molar-refractivity contribution in [1.29, 1.82) is 0 Å². The molecule has 1 aliphatic heterocycles. The highest BCUT2D eigenvalue weighted by molar-refractivity contribution is 5.48. The third-order valence-electron chi connectivity index (χ3n) is 5.29. The molecule has 0 radical (unpaired) electrons. The first-order valence-corrected chi connectivity index (χ1v) is 9.66. The zero-order valence-electron chi connectivity index (χ0n) is 15.7. The van der Waals surface area contributed by atoms with Crippen LogP contribution in [0.15, 0.2) is 60.7 Å². The minimum absolute atomic E-state index is 0.347. The van der Waals surface area contributed by atoms with Gasteiger partial charge in [0.25, 0.3) is 0 Å². The normalized spacial score (nSPS) is 17.6. The van der Waals surface area contributed by atoms with Gasteiger partial charge in [0.2, 0.25) is 0 Å². The Bertz CT molecular complexity index is 673. The Morgan fingerprint density at radius 3 is 2.35 bits per heavy atom. The molecule has 3 rings (SSSR count). The molecule has 3 nitrogen and oxygen atoms in total. The van der Waals surface area contributed by atoms with Crippen molar-refractivity contribution >= 4 is 6.08 Å². The Hall–Kier alpha value is -2.10. The maximum absolute atomic E-state index is 9.37. The Morgan fingerprint density at radius 2 is 1.65 bits per heavy atom. The molecule has 1 aliphatic rings. The van der Waals surface area contributed by atoms with Crippen LogP contribution in [0.3, 0.4) is 0 Å². The van der Waals surface area contributed by atoms with Gasteiger partial charge in [-0.2, -0.15) is 0 Å². The van der Waals surface area contributed by atoms with Gasteiger partial charge in [0.1, 0.15) is 5.75 Å². The van der Waals surface area contributed by atoms with E-state index in [1.807, 2.05) is 12.1 Å². The van der Waals surface area contributed by atoms with Crippen molar-refractivity contribution in [1.82, 2.24) is 9.80 Å².